The van der Waals surface area contributed by atoms with Crippen LogP contribution in [0.2, 0.25) is 0 Å². The van der Waals surface area contributed by atoms with E-state index in [4.69, 9.17) is 19.0 Å². The maximum atomic E-state index is 13.4. The van der Waals surface area contributed by atoms with Crippen molar-refractivity contribution < 1.29 is 23.8 Å². The van der Waals surface area contributed by atoms with Gasteiger partial charge in [0.2, 0.25) is 5.91 Å². The molecular weight excluding hydrogens is 384 g/mol. The molecule has 0 radical (unpaired) electrons. The smallest absolute Gasteiger partial charge is 0.228 e. The van der Waals surface area contributed by atoms with Crippen LogP contribution >= 0.6 is 0 Å². The third-order valence-corrected chi connectivity index (χ3v) is 6.53. The van der Waals surface area contributed by atoms with Crippen molar-refractivity contribution in [2.45, 2.75) is 77.5 Å². The zero-order valence-corrected chi connectivity index (χ0v) is 18.4. The van der Waals surface area contributed by atoms with E-state index in [2.05, 4.69) is 12.1 Å². The van der Waals surface area contributed by atoms with Crippen molar-refractivity contribution in [1.29, 1.82) is 0 Å². The van der Waals surface area contributed by atoms with Gasteiger partial charge in [0.05, 0.1) is 18.7 Å². The summed E-state index contributed by atoms with van der Waals surface area (Å²) in [7, 11) is 0. The number of carbonyl (C=O) groups excluding carboxylic acids is 1. The Labute approximate surface area is 178 Å². The Bertz CT molecular complexity index is 808. The molecule has 0 aromatic heterocycles. The molecule has 0 unspecified atom stereocenters. The second-order valence-electron chi connectivity index (χ2n) is 10.4. The van der Waals surface area contributed by atoms with Crippen LogP contribution in [0.5, 0.6) is 0 Å². The molecule has 1 aromatic rings. The molecule has 0 aliphatic carbocycles. The highest BCUT2D eigenvalue weighted by Gasteiger charge is 2.64. The molecule has 1 aromatic carbocycles. The van der Waals surface area contributed by atoms with Gasteiger partial charge in [-0.05, 0) is 19.4 Å². The van der Waals surface area contributed by atoms with Gasteiger partial charge in [0.15, 0.2) is 12.1 Å². The minimum atomic E-state index is -0.719. The van der Waals surface area contributed by atoms with E-state index in [9.17, 15) is 4.79 Å². The standard InChI is InChI=1S/C23H32N2O5/c1-22(2,3)21(26)24-12-15-13-27-25(11-14-9-7-6-8-10-14)16(15)18-17(24)19-20(28-18)30-23(4,5)29-19/h6-10,15-20H,11-13H2,1-5H3/t15-,16+,17-,18-,19-,20-/m1/s1. The minimum Gasteiger partial charge on any atom is -0.342 e. The number of benzene rings is 1. The topological polar surface area (TPSA) is 60.5 Å². The lowest BCUT2D eigenvalue weighted by Gasteiger charge is -2.47. The van der Waals surface area contributed by atoms with E-state index in [0.29, 0.717) is 19.7 Å². The Hall–Kier alpha value is -1.51. The number of ether oxygens (including phenoxy) is 3. The van der Waals surface area contributed by atoms with Gasteiger partial charge in [-0.2, -0.15) is 5.06 Å². The number of hydrogen-bond acceptors (Lipinski definition) is 6. The number of rotatable bonds is 2. The summed E-state index contributed by atoms with van der Waals surface area (Å²) in [6.07, 6.45) is -0.980. The number of likely N-dealkylation sites (tertiary alicyclic amines) is 1. The van der Waals surface area contributed by atoms with Gasteiger partial charge in [0.25, 0.3) is 0 Å². The van der Waals surface area contributed by atoms with Crippen molar-refractivity contribution >= 4 is 5.91 Å². The van der Waals surface area contributed by atoms with Crippen molar-refractivity contribution in [3.63, 3.8) is 0 Å². The van der Waals surface area contributed by atoms with E-state index in [0.717, 1.165) is 0 Å². The molecule has 0 N–H and O–H groups in total. The second kappa shape index (κ2) is 7.00. The molecule has 1 amide bonds. The van der Waals surface area contributed by atoms with E-state index >= 15 is 0 Å². The van der Waals surface area contributed by atoms with Crippen LogP contribution in [0, 0.1) is 11.3 Å². The third-order valence-electron chi connectivity index (χ3n) is 6.53. The fourth-order valence-corrected chi connectivity index (χ4v) is 5.30. The number of piperidine rings is 1. The van der Waals surface area contributed by atoms with Crippen LogP contribution in [0.25, 0.3) is 0 Å². The van der Waals surface area contributed by atoms with Crippen molar-refractivity contribution in [3.8, 4) is 0 Å². The molecule has 4 heterocycles. The number of hydroxylamine groups is 2. The van der Waals surface area contributed by atoms with Crippen LogP contribution in [0.15, 0.2) is 30.3 Å². The molecule has 30 heavy (non-hydrogen) atoms. The van der Waals surface area contributed by atoms with Gasteiger partial charge in [-0.25, -0.2) is 0 Å². The van der Waals surface area contributed by atoms with Crippen LogP contribution in [0.1, 0.15) is 40.2 Å². The quantitative estimate of drug-likeness (QED) is 0.739. The molecule has 0 spiro atoms. The first-order valence-electron chi connectivity index (χ1n) is 10.9. The lowest BCUT2D eigenvalue weighted by molar-refractivity contribution is -0.236. The fourth-order valence-electron chi connectivity index (χ4n) is 5.30. The molecule has 7 nitrogen and oxygen atoms in total. The van der Waals surface area contributed by atoms with Gasteiger partial charge in [0.1, 0.15) is 12.2 Å². The normalized spacial score (nSPS) is 37.7. The van der Waals surface area contributed by atoms with Gasteiger partial charge in [-0.15, -0.1) is 0 Å². The summed E-state index contributed by atoms with van der Waals surface area (Å²) in [4.78, 5) is 21.5. The highest BCUT2D eigenvalue weighted by atomic mass is 16.8. The van der Waals surface area contributed by atoms with Crippen molar-refractivity contribution in [1.82, 2.24) is 9.96 Å². The Morgan fingerprint density at radius 2 is 1.83 bits per heavy atom. The number of carbonyl (C=O) groups is 1. The average molecular weight is 417 g/mol. The number of hydrogen-bond donors (Lipinski definition) is 0. The van der Waals surface area contributed by atoms with Gasteiger partial charge >= 0.3 is 0 Å². The Kier molecular flexibility index (Phi) is 4.76. The SMILES string of the molecule is CC1(C)O[C@H]2O[C@@H]3[C@@H]4[C@@H](CON4Cc4ccccc4)CN(C(=O)C(C)(C)C)[C@H]3[C@H]2O1. The summed E-state index contributed by atoms with van der Waals surface area (Å²) in [5.74, 6) is -0.410. The zero-order chi connectivity index (χ0) is 21.3. The van der Waals surface area contributed by atoms with Crippen LogP contribution in [0.4, 0.5) is 0 Å². The molecule has 0 bridgehead atoms. The molecule has 4 aliphatic heterocycles. The molecule has 6 atom stereocenters. The van der Waals surface area contributed by atoms with Crippen molar-refractivity contribution in [3.05, 3.63) is 35.9 Å². The van der Waals surface area contributed by atoms with Crippen molar-refractivity contribution in [2.75, 3.05) is 13.2 Å². The van der Waals surface area contributed by atoms with Crippen LogP contribution in [-0.2, 0) is 30.4 Å². The lowest BCUT2D eigenvalue weighted by atomic mass is 9.82. The summed E-state index contributed by atoms with van der Waals surface area (Å²) in [5.41, 5.74) is 0.711. The summed E-state index contributed by atoms with van der Waals surface area (Å²) < 4.78 is 18.7. The zero-order valence-electron chi connectivity index (χ0n) is 18.4. The first-order chi connectivity index (χ1) is 14.1. The number of nitrogens with zero attached hydrogens (tertiary/aromatic N) is 2. The number of fused-ring (bicyclic) bond motifs is 5. The Morgan fingerprint density at radius 3 is 2.53 bits per heavy atom. The average Bonchev–Trinajstić information content (AvgIpc) is 3.30. The van der Waals surface area contributed by atoms with Crippen LogP contribution < -0.4 is 0 Å². The molecule has 0 saturated carbocycles. The van der Waals surface area contributed by atoms with Gasteiger partial charge in [-0.3, -0.25) is 9.63 Å². The lowest BCUT2D eigenvalue weighted by Crippen LogP contribution is -2.65. The summed E-state index contributed by atoms with van der Waals surface area (Å²) >= 11 is 0. The maximum absolute atomic E-state index is 13.4. The van der Waals surface area contributed by atoms with Crippen LogP contribution in [-0.4, -0.2) is 65.4 Å². The van der Waals surface area contributed by atoms with E-state index in [-0.39, 0.29) is 36.1 Å². The molecule has 4 fully saturated rings. The monoisotopic (exact) mass is 416 g/mol. The third kappa shape index (κ3) is 3.37. The molecule has 164 valence electrons. The van der Waals surface area contributed by atoms with Crippen molar-refractivity contribution in [2.24, 2.45) is 11.3 Å². The summed E-state index contributed by atoms with van der Waals surface area (Å²) in [6.45, 7) is 11.6. The highest BCUT2D eigenvalue weighted by molar-refractivity contribution is 5.82. The number of amides is 1. The molecule has 4 aliphatic rings. The van der Waals surface area contributed by atoms with Crippen LogP contribution in [0.3, 0.4) is 0 Å². The van der Waals surface area contributed by atoms with Gasteiger partial charge < -0.3 is 19.1 Å². The summed E-state index contributed by atoms with van der Waals surface area (Å²) in [6, 6.07) is 10.2. The Balaban J connectivity index is 1.45. The predicted molar refractivity (Wildman–Crippen MR) is 109 cm³/mol. The predicted octanol–water partition coefficient (Wildman–Crippen LogP) is 2.55. The molecular formula is C23H32N2O5. The fraction of sp³-hybridized carbons (Fsp3) is 0.696. The van der Waals surface area contributed by atoms with E-state index in [1.165, 1.54) is 5.56 Å². The van der Waals surface area contributed by atoms with E-state index < -0.39 is 17.5 Å². The first kappa shape index (κ1) is 20.4. The highest BCUT2D eigenvalue weighted by Crippen LogP contribution is 2.47. The summed E-state index contributed by atoms with van der Waals surface area (Å²) in [5, 5.41) is 2.04. The van der Waals surface area contributed by atoms with E-state index in [1.807, 2.05) is 62.8 Å². The largest absolute Gasteiger partial charge is 0.342 e. The maximum Gasteiger partial charge on any atom is 0.228 e. The molecule has 4 saturated heterocycles. The first-order valence-corrected chi connectivity index (χ1v) is 10.9. The minimum absolute atomic E-state index is 0.0557. The Morgan fingerprint density at radius 1 is 1.10 bits per heavy atom. The van der Waals surface area contributed by atoms with E-state index in [1.54, 1.807) is 0 Å². The molecule has 7 heteroatoms. The van der Waals surface area contributed by atoms with Gasteiger partial charge in [0, 0.05) is 24.4 Å². The second-order valence-corrected chi connectivity index (χ2v) is 10.4. The molecule has 5 rings (SSSR count). The van der Waals surface area contributed by atoms with Gasteiger partial charge in [-0.1, -0.05) is 51.1 Å².